The third kappa shape index (κ3) is 4.87. The standard InChI is InChI=1S/C14H20N6O/c1-14(2,3)19-13(15)17-9-7-11-18-12(21-20-11)10-6-4-5-8-16-10/h4-6,8H,7,9H2,1-3H3,(H3,15,17,19). The molecule has 0 aliphatic carbocycles. The van der Waals surface area contributed by atoms with Gasteiger partial charge in [0, 0.05) is 24.7 Å². The Morgan fingerprint density at radius 3 is 2.86 bits per heavy atom. The Labute approximate surface area is 123 Å². The fraction of sp³-hybridized carbons (Fsp3) is 0.429. The molecule has 0 saturated heterocycles. The SMILES string of the molecule is CC(C)(C)NC(N)=NCCc1noc(-c2ccccn2)n1. The molecule has 2 aromatic rings. The number of hydrogen-bond acceptors (Lipinski definition) is 5. The molecular formula is C14H20N6O. The van der Waals surface area contributed by atoms with E-state index in [9.17, 15) is 0 Å². The third-order valence-electron chi connectivity index (χ3n) is 2.47. The van der Waals surface area contributed by atoms with Gasteiger partial charge in [-0.2, -0.15) is 4.98 Å². The molecule has 0 aliphatic rings. The largest absolute Gasteiger partial charge is 0.370 e. The number of aromatic nitrogens is 3. The second kappa shape index (κ2) is 6.34. The predicted octanol–water partition coefficient (Wildman–Crippen LogP) is 1.38. The number of hydrogen-bond donors (Lipinski definition) is 2. The van der Waals surface area contributed by atoms with Crippen LogP contribution < -0.4 is 11.1 Å². The maximum absolute atomic E-state index is 5.78. The first kappa shape index (κ1) is 15.0. The summed E-state index contributed by atoms with van der Waals surface area (Å²) in [5.74, 6) is 1.41. The van der Waals surface area contributed by atoms with Gasteiger partial charge in [-0.1, -0.05) is 11.2 Å². The van der Waals surface area contributed by atoms with E-state index in [1.165, 1.54) is 0 Å². The summed E-state index contributed by atoms with van der Waals surface area (Å²) < 4.78 is 5.17. The quantitative estimate of drug-likeness (QED) is 0.651. The second-order valence-corrected chi connectivity index (χ2v) is 5.62. The van der Waals surface area contributed by atoms with E-state index in [0.29, 0.717) is 36.3 Å². The molecule has 0 amide bonds. The van der Waals surface area contributed by atoms with Crippen molar-refractivity contribution in [3.63, 3.8) is 0 Å². The fourth-order valence-corrected chi connectivity index (χ4v) is 1.65. The highest BCUT2D eigenvalue weighted by atomic mass is 16.5. The number of nitrogens with one attached hydrogen (secondary N) is 1. The van der Waals surface area contributed by atoms with Crippen molar-refractivity contribution in [2.75, 3.05) is 6.54 Å². The Morgan fingerprint density at radius 1 is 1.38 bits per heavy atom. The highest BCUT2D eigenvalue weighted by molar-refractivity contribution is 5.78. The fourth-order valence-electron chi connectivity index (χ4n) is 1.65. The first-order valence-electron chi connectivity index (χ1n) is 6.76. The third-order valence-corrected chi connectivity index (χ3v) is 2.47. The van der Waals surface area contributed by atoms with Gasteiger partial charge in [-0.05, 0) is 32.9 Å². The summed E-state index contributed by atoms with van der Waals surface area (Å²) in [6.07, 6.45) is 2.24. The lowest BCUT2D eigenvalue weighted by atomic mass is 10.1. The van der Waals surface area contributed by atoms with Crippen LogP contribution in [-0.2, 0) is 6.42 Å². The van der Waals surface area contributed by atoms with Gasteiger partial charge in [-0.15, -0.1) is 0 Å². The van der Waals surface area contributed by atoms with Crippen LogP contribution in [0.5, 0.6) is 0 Å². The van der Waals surface area contributed by atoms with E-state index in [4.69, 9.17) is 10.3 Å². The second-order valence-electron chi connectivity index (χ2n) is 5.62. The van der Waals surface area contributed by atoms with Crippen LogP contribution in [0.3, 0.4) is 0 Å². The normalized spacial score (nSPS) is 12.4. The van der Waals surface area contributed by atoms with Crippen molar-refractivity contribution in [1.82, 2.24) is 20.4 Å². The number of guanidine groups is 1. The molecule has 21 heavy (non-hydrogen) atoms. The van der Waals surface area contributed by atoms with Crippen LogP contribution in [-0.4, -0.2) is 33.2 Å². The summed E-state index contributed by atoms with van der Waals surface area (Å²) in [5.41, 5.74) is 6.34. The molecule has 3 N–H and O–H groups in total. The topological polar surface area (TPSA) is 102 Å². The number of nitrogens with two attached hydrogens (primary N) is 1. The highest BCUT2D eigenvalue weighted by Crippen LogP contribution is 2.13. The van der Waals surface area contributed by atoms with E-state index in [2.05, 4.69) is 25.4 Å². The van der Waals surface area contributed by atoms with Crippen LogP contribution in [0.4, 0.5) is 0 Å². The minimum absolute atomic E-state index is 0.105. The Balaban J connectivity index is 1.91. The zero-order chi connectivity index (χ0) is 15.3. The van der Waals surface area contributed by atoms with Crippen molar-refractivity contribution in [3.8, 4) is 11.6 Å². The van der Waals surface area contributed by atoms with Crippen molar-refractivity contribution < 1.29 is 4.52 Å². The van der Waals surface area contributed by atoms with Gasteiger partial charge in [0.25, 0.3) is 5.89 Å². The Hall–Kier alpha value is -2.44. The van der Waals surface area contributed by atoms with E-state index in [0.717, 1.165) is 0 Å². The van der Waals surface area contributed by atoms with Crippen molar-refractivity contribution in [2.45, 2.75) is 32.7 Å². The monoisotopic (exact) mass is 288 g/mol. The molecule has 7 nitrogen and oxygen atoms in total. The van der Waals surface area contributed by atoms with Gasteiger partial charge in [-0.25, -0.2) is 0 Å². The van der Waals surface area contributed by atoms with Crippen LogP contribution in [0, 0.1) is 0 Å². The highest BCUT2D eigenvalue weighted by Gasteiger charge is 2.11. The van der Waals surface area contributed by atoms with Crippen molar-refractivity contribution in [2.24, 2.45) is 10.7 Å². The van der Waals surface area contributed by atoms with E-state index in [1.807, 2.05) is 39.0 Å². The summed E-state index contributed by atoms with van der Waals surface area (Å²) in [5, 5.41) is 7.00. The van der Waals surface area contributed by atoms with Crippen molar-refractivity contribution >= 4 is 5.96 Å². The molecule has 0 unspecified atom stereocenters. The van der Waals surface area contributed by atoms with E-state index >= 15 is 0 Å². The average Bonchev–Trinajstić information content (AvgIpc) is 2.86. The minimum atomic E-state index is -0.105. The number of nitrogens with zero attached hydrogens (tertiary/aromatic N) is 4. The molecule has 0 radical (unpaired) electrons. The van der Waals surface area contributed by atoms with E-state index < -0.39 is 0 Å². The lowest BCUT2D eigenvalue weighted by Gasteiger charge is -2.20. The predicted molar refractivity (Wildman–Crippen MR) is 80.6 cm³/mol. The maximum atomic E-state index is 5.78. The van der Waals surface area contributed by atoms with Gasteiger partial charge >= 0.3 is 0 Å². The summed E-state index contributed by atoms with van der Waals surface area (Å²) in [4.78, 5) is 12.7. The smallest absolute Gasteiger partial charge is 0.276 e. The lowest BCUT2D eigenvalue weighted by molar-refractivity contribution is 0.421. The van der Waals surface area contributed by atoms with Gasteiger partial charge in [0.15, 0.2) is 11.8 Å². The average molecular weight is 288 g/mol. The summed E-state index contributed by atoms with van der Waals surface area (Å²) in [6.45, 7) is 6.56. The van der Waals surface area contributed by atoms with Crippen LogP contribution in [0.15, 0.2) is 33.9 Å². The zero-order valence-electron chi connectivity index (χ0n) is 12.5. The number of aliphatic imine (C=N–C) groups is 1. The molecule has 0 bridgehead atoms. The molecule has 2 heterocycles. The molecule has 0 atom stereocenters. The number of pyridine rings is 1. The van der Waals surface area contributed by atoms with E-state index in [1.54, 1.807) is 6.20 Å². The van der Waals surface area contributed by atoms with Crippen LogP contribution in [0.1, 0.15) is 26.6 Å². The van der Waals surface area contributed by atoms with Gasteiger partial charge in [-0.3, -0.25) is 9.98 Å². The van der Waals surface area contributed by atoms with Gasteiger partial charge in [0.05, 0.1) is 0 Å². The first-order valence-corrected chi connectivity index (χ1v) is 6.76. The molecule has 7 heteroatoms. The van der Waals surface area contributed by atoms with E-state index in [-0.39, 0.29) is 5.54 Å². The molecule has 0 saturated carbocycles. The van der Waals surface area contributed by atoms with Crippen molar-refractivity contribution in [3.05, 3.63) is 30.2 Å². The number of rotatable bonds is 4. The molecule has 2 aromatic heterocycles. The Bertz CT molecular complexity index is 599. The van der Waals surface area contributed by atoms with Gasteiger partial charge < -0.3 is 15.6 Å². The molecule has 112 valence electrons. The minimum Gasteiger partial charge on any atom is -0.370 e. The summed E-state index contributed by atoms with van der Waals surface area (Å²) in [7, 11) is 0. The van der Waals surface area contributed by atoms with Gasteiger partial charge in [0.1, 0.15) is 5.69 Å². The molecule has 0 aliphatic heterocycles. The van der Waals surface area contributed by atoms with Crippen molar-refractivity contribution in [1.29, 1.82) is 0 Å². The van der Waals surface area contributed by atoms with Crippen LogP contribution >= 0.6 is 0 Å². The molecule has 0 aromatic carbocycles. The molecule has 0 spiro atoms. The van der Waals surface area contributed by atoms with Crippen LogP contribution in [0.25, 0.3) is 11.6 Å². The van der Waals surface area contributed by atoms with Crippen LogP contribution in [0.2, 0.25) is 0 Å². The summed E-state index contributed by atoms with van der Waals surface area (Å²) >= 11 is 0. The Kier molecular flexibility index (Phi) is 4.52. The molecule has 2 rings (SSSR count). The first-order chi connectivity index (χ1) is 9.94. The summed E-state index contributed by atoms with van der Waals surface area (Å²) in [6, 6.07) is 5.52. The molecule has 0 fully saturated rings. The Morgan fingerprint density at radius 2 is 2.19 bits per heavy atom. The lowest BCUT2D eigenvalue weighted by Crippen LogP contribution is -2.45. The molecular weight excluding hydrogens is 268 g/mol. The van der Waals surface area contributed by atoms with Gasteiger partial charge in [0.2, 0.25) is 0 Å². The maximum Gasteiger partial charge on any atom is 0.276 e. The zero-order valence-corrected chi connectivity index (χ0v) is 12.5.